The van der Waals surface area contributed by atoms with Crippen LogP contribution in [0.5, 0.6) is 11.5 Å². The van der Waals surface area contributed by atoms with Crippen LogP contribution in [0.4, 0.5) is 0 Å². The van der Waals surface area contributed by atoms with Gasteiger partial charge in [-0.1, -0.05) is 200 Å². The van der Waals surface area contributed by atoms with Crippen LogP contribution in [0.25, 0.3) is 22.3 Å². The van der Waals surface area contributed by atoms with Crippen LogP contribution in [0.3, 0.4) is 0 Å². The maximum Gasteiger partial charge on any atom is 0.331 e. The van der Waals surface area contributed by atoms with E-state index in [4.69, 9.17) is 18.9 Å². The summed E-state index contributed by atoms with van der Waals surface area (Å²) in [6.07, 6.45) is 25.4. The molecular weight excluding hydrogens is 721 g/mol. The normalized spacial score (nSPS) is 11.1. The molecule has 58 heavy (non-hydrogen) atoms. The van der Waals surface area contributed by atoms with E-state index >= 15 is 0 Å². The van der Waals surface area contributed by atoms with Gasteiger partial charge in [-0.05, 0) is 48.9 Å². The van der Waals surface area contributed by atoms with Crippen LogP contribution >= 0.6 is 0 Å². The summed E-state index contributed by atoms with van der Waals surface area (Å²) in [6.45, 7) is 2.27. The molecule has 0 saturated heterocycles. The summed E-state index contributed by atoms with van der Waals surface area (Å²) in [4.78, 5) is 23.9. The molecule has 0 aliphatic rings. The van der Waals surface area contributed by atoms with Crippen LogP contribution in [0, 0.1) is 0 Å². The standard InChI is InChI=1S/C52H68O6/c53-51(57-43-29-15-11-7-3-1-5-9-13-27-41-55-49-37-25-23-35-47(49)45-31-19-17-20-32-45)39-40-52(54)58-44-30-16-12-8-4-2-6-10-14-28-42-56-50-38-26-24-36-48(50)46-33-21-18-22-34-46/h17-26,31-40H,1-16,27-30,41-44H2/b40-39-. The fraction of sp³-hybridized carbons (Fsp3) is 0.462. The first-order chi connectivity index (χ1) is 28.7. The molecule has 0 aliphatic carbocycles. The third-order valence-corrected chi connectivity index (χ3v) is 10.4. The van der Waals surface area contributed by atoms with Crippen LogP contribution in [-0.4, -0.2) is 38.4 Å². The first kappa shape index (κ1) is 45.9. The highest BCUT2D eigenvalue weighted by atomic mass is 16.5. The molecule has 0 spiro atoms. The first-order valence-electron chi connectivity index (χ1n) is 22.3. The molecule has 312 valence electrons. The number of rotatable bonds is 32. The number of carbonyl (C=O) groups is 2. The van der Waals surface area contributed by atoms with Gasteiger partial charge in [0.2, 0.25) is 0 Å². The molecule has 0 N–H and O–H groups in total. The zero-order valence-corrected chi connectivity index (χ0v) is 35.0. The van der Waals surface area contributed by atoms with E-state index in [2.05, 4.69) is 84.9 Å². The van der Waals surface area contributed by atoms with Crippen molar-refractivity contribution >= 4 is 11.9 Å². The monoisotopic (exact) mass is 789 g/mol. The van der Waals surface area contributed by atoms with Gasteiger partial charge in [-0.2, -0.15) is 0 Å². The maximum absolute atomic E-state index is 12.0. The summed E-state index contributed by atoms with van der Waals surface area (Å²) in [6, 6.07) is 37.3. The van der Waals surface area contributed by atoms with E-state index in [1.807, 2.05) is 24.3 Å². The zero-order chi connectivity index (χ0) is 40.6. The second-order valence-electron chi connectivity index (χ2n) is 15.2. The number of hydrogen-bond acceptors (Lipinski definition) is 6. The first-order valence-corrected chi connectivity index (χ1v) is 22.3. The van der Waals surface area contributed by atoms with Crippen LogP contribution in [0.15, 0.2) is 121 Å². The van der Waals surface area contributed by atoms with E-state index in [0.717, 1.165) is 87.2 Å². The van der Waals surface area contributed by atoms with E-state index in [1.165, 1.54) is 100 Å². The molecule has 4 rings (SSSR count). The van der Waals surface area contributed by atoms with Gasteiger partial charge in [0.05, 0.1) is 26.4 Å². The van der Waals surface area contributed by atoms with Crippen molar-refractivity contribution < 1.29 is 28.5 Å². The summed E-state index contributed by atoms with van der Waals surface area (Å²) >= 11 is 0. The van der Waals surface area contributed by atoms with Gasteiger partial charge < -0.3 is 18.9 Å². The number of carbonyl (C=O) groups excluding carboxylic acids is 2. The Bertz CT molecular complexity index is 1560. The van der Waals surface area contributed by atoms with Gasteiger partial charge in [0.1, 0.15) is 11.5 Å². The molecule has 6 nitrogen and oxygen atoms in total. The lowest BCUT2D eigenvalue weighted by atomic mass is 10.0. The lowest BCUT2D eigenvalue weighted by molar-refractivity contribution is -0.140. The van der Waals surface area contributed by atoms with Crippen molar-refractivity contribution in [3.05, 3.63) is 121 Å². The molecule has 0 heterocycles. The van der Waals surface area contributed by atoms with Crippen molar-refractivity contribution in [1.29, 1.82) is 0 Å². The van der Waals surface area contributed by atoms with Gasteiger partial charge in [0.25, 0.3) is 0 Å². The Hall–Kier alpha value is -4.84. The quantitative estimate of drug-likeness (QED) is 0.0279. The van der Waals surface area contributed by atoms with Gasteiger partial charge in [-0.15, -0.1) is 0 Å². The lowest BCUT2D eigenvalue weighted by Crippen LogP contribution is -2.06. The SMILES string of the molecule is O=C(/C=C\C(=O)OCCCCCCCCCCCCOc1ccccc1-c1ccccc1)OCCCCCCCCCCCCOc1ccccc1-c1ccccc1. The molecule has 0 unspecified atom stereocenters. The molecule has 0 amide bonds. The Labute approximate surface area is 349 Å². The number of ether oxygens (including phenoxy) is 4. The van der Waals surface area contributed by atoms with Crippen molar-refractivity contribution in [1.82, 2.24) is 0 Å². The Kier molecular flexibility index (Phi) is 23.9. The molecule has 4 aromatic rings. The van der Waals surface area contributed by atoms with Gasteiger partial charge in [-0.25, -0.2) is 9.59 Å². The molecular formula is C52H68O6. The smallest absolute Gasteiger partial charge is 0.331 e. The number of esters is 2. The highest BCUT2D eigenvalue weighted by Crippen LogP contribution is 2.31. The van der Waals surface area contributed by atoms with Crippen LogP contribution in [0.1, 0.15) is 128 Å². The van der Waals surface area contributed by atoms with E-state index in [1.54, 1.807) is 0 Å². The number of para-hydroxylation sites is 2. The number of hydrogen-bond donors (Lipinski definition) is 0. The van der Waals surface area contributed by atoms with E-state index in [0.29, 0.717) is 13.2 Å². The molecule has 6 heteroatoms. The van der Waals surface area contributed by atoms with Crippen molar-refractivity contribution in [3.63, 3.8) is 0 Å². The predicted molar refractivity (Wildman–Crippen MR) is 238 cm³/mol. The van der Waals surface area contributed by atoms with Gasteiger partial charge >= 0.3 is 11.9 Å². The molecule has 0 radical (unpaired) electrons. The Morgan fingerprint density at radius 1 is 0.328 bits per heavy atom. The fourth-order valence-corrected chi connectivity index (χ4v) is 7.08. The molecule has 0 saturated carbocycles. The topological polar surface area (TPSA) is 71.1 Å². The second kappa shape index (κ2) is 30.3. The van der Waals surface area contributed by atoms with E-state index < -0.39 is 11.9 Å². The van der Waals surface area contributed by atoms with Gasteiger partial charge in [0, 0.05) is 23.3 Å². The molecule has 0 bridgehead atoms. The Balaban J connectivity index is 0.848. The summed E-state index contributed by atoms with van der Waals surface area (Å²) in [5.41, 5.74) is 4.67. The fourth-order valence-electron chi connectivity index (χ4n) is 7.08. The van der Waals surface area contributed by atoms with Crippen LogP contribution in [-0.2, 0) is 19.1 Å². The minimum absolute atomic E-state index is 0.385. The molecule has 0 aliphatic heterocycles. The molecule has 0 atom stereocenters. The summed E-state index contributed by atoms with van der Waals surface area (Å²) in [7, 11) is 0. The third kappa shape index (κ3) is 20.0. The third-order valence-electron chi connectivity index (χ3n) is 10.4. The van der Waals surface area contributed by atoms with Crippen molar-refractivity contribution in [2.24, 2.45) is 0 Å². The van der Waals surface area contributed by atoms with E-state index in [9.17, 15) is 9.59 Å². The summed E-state index contributed by atoms with van der Waals surface area (Å²) in [5, 5.41) is 0. The maximum atomic E-state index is 12.0. The molecule has 0 fully saturated rings. The Morgan fingerprint density at radius 3 is 0.948 bits per heavy atom. The average molecular weight is 789 g/mol. The number of benzene rings is 4. The lowest BCUT2D eigenvalue weighted by Gasteiger charge is -2.11. The van der Waals surface area contributed by atoms with Gasteiger partial charge in [0.15, 0.2) is 0 Å². The summed E-state index contributed by atoms with van der Waals surface area (Å²) < 4.78 is 22.7. The second-order valence-corrected chi connectivity index (χ2v) is 15.2. The highest BCUT2D eigenvalue weighted by Gasteiger charge is 2.07. The average Bonchev–Trinajstić information content (AvgIpc) is 3.26. The minimum atomic E-state index is -0.485. The van der Waals surface area contributed by atoms with Crippen LogP contribution < -0.4 is 9.47 Å². The Morgan fingerprint density at radius 2 is 0.603 bits per heavy atom. The predicted octanol–water partition coefficient (Wildman–Crippen LogP) is 13.9. The van der Waals surface area contributed by atoms with Crippen LogP contribution in [0.2, 0.25) is 0 Å². The van der Waals surface area contributed by atoms with Crippen molar-refractivity contribution in [2.45, 2.75) is 128 Å². The largest absolute Gasteiger partial charge is 0.493 e. The van der Waals surface area contributed by atoms with Gasteiger partial charge in [-0.3, -0.25) is 0 Å². The van der Waals surface area contributed by atoms with E-state index in [-0.39, 0.29) is 0 Å². The van der Waals surface area contributed by atoms with Crippen molar-refractivity contribution in [2.75, 3.05) is 26.4 Å². The molecule has 0 aromatic heterocycles. The van der Waals surface area contributed by atoms with Crippen molar-refractivity contribution in [3.8, 4) is 33.8 Å². The zero-order valence-electron chi connectivity index (χ0n) is 35.0. The highest BCUT2D eigenvalue weighted by molar-refractivity contribution is 5.91. The summed E-state index contributed by atoms with van der Waals surface area (Å²) in [5.74, 6) is 0.948. The molecule has 4 aromatic carbocycles. The number of unbranched alkanes of at least 4 members (excludes halogenated alkanes) is 18. The minimum Gasteiger partial charge on any atom is -0.493 e.